The highest BCUT2D eigenvalue weighted by Gasteiger charge is 2.53. The van der Waals surface area contributed by atoms with Gasteiger partial charge < -0.3 is 9.64 Å². The molecule has 224 valence electrons. The van der Waals surface area contributed by atoms with Crippen LogP contribution in [0, 0.1) is 13.8 Å². The van der Waals surface area contributed by atoms with E-state index in [4.69, 9.17) is 21.4 Å². The SMILES string of the molecule is Cc1cc2[nH]ncc2c(-c2c(-c3ccc4c(cnn4C)c3)nn(C3CC4(COCCCN4C(=O)n4nccn4)C3)c2C)c1Cl. The Hall–Kier alpha value is -4.55. The van der Waals surface area contributed by atoms with Gasteiger partial charge >= 0.3 is 6.03 Å². The molecule has 2 fully saturated rings. The molecule has 0 radical (unpaired) electrons. The topological polar surface area (TPSA) is 125 Å². The van der Waals surface area contributed by atoms with Crippen LogP contribution in [-0.2, 0) is 11.8 Å². The minimum Gasteiger partial charge on any atom is -0.379 e. The van der Waals surface area contributed by atoms with E-state index in [1.807, 2.05) is 42.0 Å². The van der Waals surface area contributed by atoms with E-state index in [0.29, 0.717) is 37.6 Å². The Morgan fingerprint density at radius 1 is 1.09 bits per heavy atom. The number of carbonyl (C=O) groups is 1. The number of nitrogens with zero attached hydrogens (tertiary/aromatic N) is 9. The molecule has 8 rings (SSSR count). The summed E-state index contributed by atoms with van der Waals surface area (Å²) >= 11 is 7.10. The molecule has 1 saturated heterocycles. The van der Waals surface area contributed by atoms with Crippen LogP contribution in [0.3, 0.4) is 0 Å². The summed E-state index contributed by atoms with van der Waals surface area (Å²) in [4.78, 5) is 16.6. The molecule has 1 aliphatic carbocycles. The number of halogens is 1. The fraction of sp³-hybridized carbons (Fsp3) is 0.355. The quantitative estimate of drug-likeness (QED) is 0.288. The predicted octanol–water partition coefficient (Wildman–Crippen LogP) is 5.31. The van der Waals surface area contributed by atoms with Crippen molar-refractivity contribution in [3.8, 4) is 22.4 Å². The highest BCUT2D eigenvalue weighted by atomic mass is 35.5. The zero-order valence-corrected chi connectivity index (χ0v) is 25.4. The van der Waals surface area contributed by atoms with Crippen molar-refractivity contribution in [1.29, 1.82) is 0 Å². The first-order valence-electron chi connectivity index (χ1n) is 14.7. The minimum absolute atomic E-state index is 0.0515. The highest BCUT2D eigenvalue weighted by molar-refractivity contribution is 6.36. The number of carbonyl (C=O) groups excluding carboxylic acids is 1. The Morgan fingerprint density at radius 2 is 1.91 bits per heavy atom. The van der Waals surface area contributed by atoms with Crippen LogP contribution in [0.4, 0.5) is 4.79 Å². The van der Waals surface area contributed by atoms with Gasteiger partial charge in [0.25, 0.3) is 0 Å². The Bertz CT molecular complexity index is 2050. The Kier molecular flexibility index (Phi) is 6.14. The van der Waals surface area contributed by atoms with Gasteiger partial charge in [0.05, 0.1) is 59.0 Å². The maximum Gasteiger partial charge on any atom is 0.362 e. The molecule has 0 bridgehead atoms. The summed E-state index contributed by atoms with van der Waals surface area (Å²) in [6, 6.07) is 8.15. The van der Waals surface area contributed by atoms with Crippen molar-refractivity contribution >= 4 is 39.4 Å². The highest BCUT2D eigenvalue weighted by Crippen LogP contribution is 2.50. The molecule has 12 nitrogen and oxygen atoms in total. The number of H-pyrrole nitrogens is 1. The van der Waals surface area contributed by atoms with Gasteiger partial charge in [-0.15, -0.1) is 0 Å². The third-order valence-corrected chi connectivity index (χ3v) is 9.78. The second-order valence-corrected chi connectivity index (χ2v) is 12.3. The van der Waals surface area contributed by atoms with Gasteiger partial charge in [0.1, 0.15) is 5.69 Å². The standard InChI is InChI=1S/C31H31ClN10O2/c1-18-11-24-23(16-33-37-24)27(28(18)32)26-19(2)41(38-29(26)20-5-6-25-21(12-20)15-36-39(25)3)22-13-31(14-22)17-44-10-4-9-40(31)30(43)42-34-7-8-35-42/h5-8,11-12,15-16,22H,4,9-10,13-14,17H2,1-3H3,(H,33,37). The zero-order valence-electron chi connectivity index (χ0n) is 24.7. The van der Waals surface area contributed by atoms with Crippen molar-refractivity contribution in [3.05, 3.63) is 65.3 Å². The second-order valence-electron chi connectivity index (χ2n) is 12.0. The maximum atomic E-state index is 13.5. The summed E-state index contributed by atoms with van der Waals surface area (Å²) in [5, 5.41) is 28.1. The van der Waals surface area contributed by atoms with Gasteiger partial charge in [0.15, 0.2) is 0 Å². The van der Waals surface area contributed by atoms with E-state index in [1.54, 1.807) is 0 Å². The molecule has 0 unspecified atom stereocenters. The summed E-state index contributed by atoms with van der Waals surface area (Å²) in [6.45, 7) is 5.78. The van der Waals surface area contributed by atoms with Crippen LogP contribution in [0.1, 0.15) is 36.6 Å². The average Bonchev–Trinajstić information content (AvgIpc) is 3.79. The Morgan fingerprint density at radius 3 is 2.73 bits per heavy atom. The second kappa shape index (κ2) is 10.00. The molecule has 1 saturated carbocycles. The van der Waals surface area contributed by atoms with Gasteiger partial charge in [-0.1, -0.05) is 22.5 Å². The van der Waals surface area contributed by atoms with Crippen molar-refractivity contribution in [1.82, 2.24) is 49.7 Å². The van der Waals surface area contributed by atoms with Crippen molar-refractivity contribution in [2.45, 2.75) is 44.7 Å². The van der Waals surface area contributed by atoms with Crippen LogP contribution >= 0.6 is 11.6 Å². The van der Waals surface area contributed by atoms with Crippen molar-refractivity contribution in [2.24, 2.45) is 7.05 Å². The summed E-state index contributed by atoms with van der Waals surface area (Å²) in [5.41, 5.74) is 7.16. The Labute approximate surface area is 257 Å². The molecule has 6 aromatic rings. The molecule has 1 spiro atoms. The lowest BCUT2D eigenvalue weighted by Crippen LogP contribution is -2.62. The van der Waals surface area contributed by atoms with Crippen molar-refractivity contribution in [2.75, 3.05) is 19.8 Å². The monoisotopic (exact) mass is 610 g/mol. The number of amides is 1. The molecular formula is C31H31ClN10O2. The van der Waals surface area contributed by atoms with Gasteiger partial charge in [-0.05, 0) is 56.9 Å². The van der Waals surface area contributed by atoms with Crippen LogP contribution in [0.15, 0.2) is 49.1 Å². The number of nitrogens with one attached hydrogen (secondary N) is 1. The number of ether oxygens (including phenoxy) is 1. The molecule has 44 heavy (non-hydrogen) atoms. The maximum absolute atomic E-state index is 13.5. The van der Waals surface area contributed by atoms with Crippen LogP contribution in [0.25, 0.3) is 44.2 Å². The number of aromatic nitrogens is 9. The molecule has 2 aliphatic rings. The summed E-state index contributed by atoms with van der Waals surface area (Å²) in [7, 11) is 1.94. The van der Waals surface area contributed by atoms with Crippen molar-refractivity contribution < 1.29 is 9.53 Å². The number of rotatable bonds is 3. The van der Waals surface area contributed by atoms with E-state index in [1.165, 1.54) is 17.2 Å². The number of hydrogen-bond donors (Lipinski definition) is 1. The van der Waals surface area contributed by atoms with E-state index in [-0.39, 0.29) is 12.1 Å². The fourth-order valence-electron chi connectivity index (χ4n) is 7.08. The van der Waals surface area contributed by atoms with E-state index in [2.05, 4.69) is 55.3 Å². The molecule has 0 atom stereocenters. The molecular weight excluding hydrogens is 580 g/mol. The summed E-state index contributed by atoms with van der Waals surface area (Å²) < 4.78 is 10.0. The lowest BCUT2D eigenvalue weighted by Gasteiger charge is -2.52. The lowest BCUT2D eigenvalue weighted by atomic mass is 9.71. The van der Waals surface area contributed by atoms with Gasteiger partial charge in [-0.25, -0.2) is 4.79 Å². The van der Waals surface area contributed by atoms with Gasteiger partial charge in [0.2, 0.25) is 0 Å². The summed E-state index contributed by atoms with van der Waals surface area (Å²) in [6.07, 6.45) is 8.91. The molecule has 1 N–H and O–H groups in total. The fourth-order valence-corrected chi connectivity index (χ4v) is 7.33. The smallest absolute Gasteiger partial charge is 0.362 e. The molecule has 13 heteroatoms. The molecule has 2 aromatic carbocycles. The predicted molar refractivity (Wildman–Crippen MR) is 165 cm³/mol. The molecule has 5 heterocycles. The largest absolute Gasteiger partial charge is 0.379 e. The minimum atomic E-state index is -0.460. The van der Waals surface area contributed by atoms with Crippen LogP contribution in [0.2, 0.25) is 5.02 Å². The van der Waals surface area contributed by atoms with Crippen LogP contribution < -0.4 is 0 Å². The van der Waals surface area contributed by atoms with E-state index in [9.17, 15) is 4.79 Å². The molecule has 1 amide bonds. The first-order chi connectivity index (χ1) is 21.3. The summed E-state index contributed by atoms with van der Waals surface area (Å²) in [5.74, 6) is 0. The number of aryl methyl sites for hydroxylation is 2. The van der Waals surface area contributed by atoms with E-state index >= 15 is 0 Å². The lowest BCUT2D eigenvalue weighted by molar-refractivity contribution is -0.0401. The number of fused-ring (bicyclic) bond motifs is 2. The first kappa shape index (κ1) is 27.0. The normalized spacial score (nSPS) is 20.5. The van der Waals surface area contributed by atoms with E-state index < -0.39 is 5.54 Å². The van der Waals surface area contributed by atoms with Crippen molar-refractivity contribution in [3.63, 3.8) is 0 Å². The third kappa shape index (κ3) is 4.01. The zero-order chi connectivity index (χ0) is 30.2. The molecule has 1 aliphatic heterocycles. The number of aromatic amines is 1. The van der Waals surface area contributed by atoms with Crippen LogP contribution in [0.5, 0.6) is 0 Å². The van der Waals surface area contributed by atoms with E-state index in [0.717, 1.165) is 61.9 Å². The number of benzene rings is 2. The average molecular weight is 611 g/mol. The molecule has 4 aromatic heterocycles. The van der Waals surface area contributed by atoms with Gasteiger partial charge in [-0.3, -0.25) is 14.5 Å². The first-order valence-corrected chi connectivity index (χ1v) is 15.1. The van der Waals surface area contributed by atoms with Crippen LogP contribution in [-0.4, -0.2) is 81.0 Å². The number of hydrogen-bond acceptors (Lipinski definition) is 7. The third-order valence-electron chi connectivity index (χ3n) is 9.30. The van der Waals surface area contributed by atoms with Gasteiger partial charge in [0, 0.05) is 53.4 Å². The van der Waals surface area contributed by atoms with Gasteiger partial charge in [-0.2, -0.15) is 25.5 Å². The Balaban J connectivity index is 1.25.